The summed E-state index contributed by atoms with van der Waals surface area (Å²) < 4.78 is 6.89. The standard InChI is InChI=1S/C11H15BrNO2/c1-8-6-5-7-13(12)9(8)10(14)15-11(2,3)4/h5-7H,1-4H3/q+1. The van der Waals surface area contributed by atoms with Crippen LogP contribution in [0.1, 0.15) is 36.8 Å². The van der Waals surface area contributed by atoms with Gasteiger partial charge in [0.15, 0.2) is 6.20 Å². The van der Waals surface area contributed by atoms with Gasteiger partial charge >= 0.3 is 27.8 Å². The summed E-state index contributed by atoms with van der Waals surface area (Å²) in [6.45, 7) is 7.42. The molecular weight excluding hydrogens is 258 g/mol. The lowest BCUT2D eigenvalue weighted by Crippen LogP contribution is -2.34. The summed E-state index contributed by atoms with van der Waals surface area (Å²) in [5.74, 6) is -0.322. The van der Waals surface area contributed by atoms with E-state index in [1.807, 2.05) is 39.8 Å². The van der Waals surface area contributed by atoms with Gasteiger partial charge in [-0.3, -0.25) is 0 Å². The van der Waals surface area contributed by atoms with Crippen molar-refractivity contribution in [3.05, 3.63) is 29.6 Å². The first-order valence-electron chi connectivity index (χ1n) is 4.72. The third kappa shape index (κ3) is 3.30. The Morgan fingerprint density at radius 1 is 1.47 bits per heavy atom. The van der Waals surface area contributed by atoms with E-state index in [2.05, 4.69) is 16.1 Å². The number of pyridine rings is 1. The fourth-order valence-corrected chi connectivity index (χ4v) is 1.72. The van der Waals surface area contributed by atoms with Crippen molar-refractivity contribution in [1.82, 2.24) is 0 Å². The lowest BCUT2D eigenvalue weighted by molar-refractivity contribution is -0.478. The minimum absolute atomic E-state index is 0.322. The third-order valence-electron chi connectivity index (χ3n) is 1.74. The van der Waals surface area contributed by atoms with Crippen molar-refractivity contribution in [3.63, 3.8) is 0 Å². The number of hydrogen-bond donors (Lipinski definition) is 0. The van der Waals surface area contributed by atoms with Gasteiger partial charge in [-0.25, -0.2) is 4.79 Å². The van der Waals surface area contributed by atoms with Crippen molar-refractivity contribution in [2.75, 3.05) is 0 Å². The summed E-state index contributed by atoms with van der Waals surface area (Å²) in [6.07, 6.45) is 1.76. The van der Waals surface area contributed by atoms with E-state index < -0.39 is 5.60 Å². The monoisotopic (exact) mass is 272 g/mol. The van der Waals surface area contributed by atoms with Crippen molar-refractivity contribution in [1.29, 1.82) is 0 Å². The second kappa shape index (κ2) is 4.31. The fourth-order valence-electron chi connectivity index (χ4n) is 1.16. The van der Waals surface area contributed by atoms with Crippen LogP contribution in [0.25, 0.3) is 0 Å². The van der Waals surface area contributed by atoms with Crippen molar-refractivity contribution >= 4 is 22.1 Å². The molecule has 0 aliphatic carbocycles. The van der Waals surface area contributed by atoms with E-state index >= 15 is 0 Å². The highest BCUT2D eigenvalue weighted by Crippen LogP contribution is 2.12. The molecule has 1 aromatic heterocycles. The van der Waals surface area contributed by atoms with Crippen LogP contribution in [-0.2, 0) is 4.74 Å². The summed E-state index contributed by atoms with van der Waals surface area (Å²) in [7, 11) is 0. The van der Waals surface area contributed by atoms with Gasteiger partial charge in [-0.15, -0.1) is 3.59 Å². The van der Waals surface area contributed by atoms with Gasteiger partial charge in [-0.2, -0.15) is 0 Å². The molecule has 0 spiro atoms. The molecule has 0 aliphatic heterocycles. The SMILES string of the molecule is Cc1ccc[n+](Br)c1C(=O)OC(C)(C)C. The number of carbonyl (C=O) groups excluding carboxylic acids is 1. The first kappa shape index (κ1) is 12.2. The Morgan fingerprint density at radius 2 is 2.07 bits per heavy atom. The average Bonchev–Trinajstić information content (AvgIpc) is 1.99. The number of esters is 1. The Balaban J connectivity index is 3.02. The molecule has 0 aliphatic rings. The Labute approximate surface area is 98.4 Å². The molecule has 0 saturated carbocycles. The van der Waals surface area contributed by atoms with E-state index in [0.717, 1.165) is 5.56 Å². The van der Waals surface area contributed by atoms with Crippen LogP contribution in [0.5, 0.6) is 0 Å². The van der Waals surface area contributed by atoms with Gasteiger partial charge in [0.1, 0.15) is 5.60 Å². The molecule has 1 rings (SSSR count). The van der Waals surface area contributed by atoms with Gasteiger partial charge in [0.2, 0.25) is 0 Å². The first-order valence-corrected chi connectivity index (χ1v) is 5.43. The predicted octanol–water partition coefficient (Wildman–Crippen LogP) is 2.40. The lowest BCUT2D eigenvalue weighted by Gasteiger charge is -2.18. The zero-order valence-electron chi connectivity index (χ0n) is 9.37. The minimum atomic E-state index is -0.473. The molecule has 4 heteroatoms. The maximum atomic E-state index is 11.8. The Bertz CT molecular complexity index is 362. The van der Waals surface area contributed by atoms with Crippen LogP contribution >= 0.6 is 16.1 Å². The largest absolute Gasteiger partial charge is 0.452 e. The van der Waals surface area contributed by atoms with Gasteiger partial charge in [0.05, 0.1) is 0 Å². The van der Waals surface area contributed by atoms with E-state index in [-0.39, 0.29) is 5.97 Å². The van der Waals surface area contributed by atoms with Crippen LogP contribution in [0.15, 0.2) is 18.3 Å². The number of aryl methyl sites for hydroxylation is 1. The van der Waals surface area contributed by atoms with E-state index in [1.165, 1.54) is 0 Å². The van der Waals surface area contributed by atoms with E-state index in [9.17, 15) is 4.79 Å². The molecule has 0 atom stereocenters. The Kier molecular flexibility index (Phi) is 3.50. The molecule has 0 amide bonds. The maximum absolute atomic E-state index is 11.8. The van der Waals surface area contributed by atoms with E-state index in [1.54, 1.807) is 9.79 Å². The minimum Gasteiger partial charge on any atom is -0.452 e. The molecule has 15 heavy (non-hydrogen) atoms. The molecule has 1 aromatic rings. The van der Waals surface area contributed by atoms with Gasteiger partial charge in [0, 0.05) is 11.6 Å². The number of carbonyl (C=O) groups is 1. The molecule has 82 valence electrons. The van der Waals surface area contributed by atoms with Gasteiger partial charge in [0.25, 0.3) is 0 Å². The van der Waals surface area contributed by atoms with E-state index in [4.69, 9.17) is 4.74 Å². The predicted molar refractivity (Wildman–Crippen MR) is 60.9 cm³/mol. The van der Waals surface area contributed by atoms with Gasteiger partial charge in [-0.05, 0) is 33.8 Å². The fraction of sp³-hybridized carbons (Fsp3) is 0.455. The molecule has 0 unspecified atom stereocenters. The average molecular weight is 273 g/mol. The summed E-state index contributed by atoms with van der Waals surface area (Å²) in [4.78, 5) is 11.8. The number of rotatable bonds is 1. The molecule has 0 saturated heterocycles. The van der Waals surface area contributed by atoms with Crippen LogP contribution in [0.2, 0.25) is 0 Å². The van der Waals surface area contributed by atoms with Gasteiger partial charge < -0.3 is 4.74 Å². The maximum Gasteiger partial charge on any atom is 0.405 e. The second-order valence-corrected chi connectivity index (χ2v) is 5.12. The van der Waals surface area contributed by atoms with Crippen LogP contribution in [0.3, 0.4) is 0 Å². The quantitative estimate of drug-likeness (QED) is 0.735. The van der Waals surface area contributed by atoms with Crippen LogP contribution in [-0.4, -0.2) is 11.6 Å². The van der Waals surface area contributed by atoms with Crippen molar-refractivity contribution < 1.29 is 13.1 Å². The van der Waals surface area contributed by atoms with Crippen LogP contribution in [0.4, 0.5) is 0 Å². The number of nitrogens with zero attached hydrogens (tertiary/aromatic N) is 1. The van der Waals surface area contributed by atoms with Crippen molar-refractivity contribution in [2.45, 2.75) is 33.3 Å². The Hall–Kier alpha value is -0.900. The molecule has 3 nitrogen and oxygen atoms in total. The van der Waals surface area contributed by atoms with Crippen LogP contribution in [0, 0.1) is 6.92 Å². The molecule has 0 bridgehead atoms. The first-order chi connectivity index (χ1) is 6.81. The molecule has 0 N–H and O–H groups in total. The topological polar surface area (TPSA) is 30.2 Å². The summed E-state index contributed by atoms with van der Waals surface area (Å²) in [6, 6.07) is 3.73. The summed E-state index contributed by atoms with van der Waals surface area (Å²) >= 11 is 3.27. The lowest BCUT2D eigenvalue weighted by atomic mass is 10.2. The molecule has 0 aromatic carbocycles. The highest BCUT2D eigenvalue weighted by atomic mass is 79.9. The second-order valence-electron chi connectivity index (χ2n) is 4.35. The highest BCUT2D eigenvalue weighted by molar-refractivity contribution is 9.04. The third-order valence-corrected chi connectivity index (χ3v) is 2.33. The number of halogens is 1. The molecular formula is C11H15BrNO2+. The molecule has 1 heterocycles. The number of ether oxygens (including phenoxy) is 1. The van der Waals surface area contributed by atoms with Gasteiger partial charge in [-0.1, -0.05) is 0 Å². The summed E-state index contributed by atoms with van der Waals surface area (Å²) in [5, 5.41) is 0. The number of aromatic nitrogens is 1. The zero-order valence-corrected chi connectivity index (χ0v) is 11.0. The van der Waals surface area contributed by atoms with Crippen LogP contribution < -0.4 is 3.59 Å². The highest BCUT2D eigenvalue weighted by Gasteiger charge is 2.27. The molecule has 0 fully saturated rings. The van der Waals surface area contributed by atoms with Crippen molar-refractivity contribution in [2.24, 2.45) is 0 Å². The van der Waals surface area contributed by atoms with Crippen molar-refractivity contribution in [3.8, 4) is 0 Å². The number of hydrogen-bond acceptors (Lipinski definition) is 2. The normalized spacial score (nSPS) is 11.3. The smallest absolute Gasteiger partial charge is 0.405 e. The Morgan fingerprint density at radius 3 is 2.53 bits per heavy atom. The van der Waals surface area contributed by atoms with E-state index in [0.29, 0.717) is 5.69 Å². The molecule has 0 radical (unpaired) electrons. The summed E-state index contributed by atoms with van der Waals surface area (Å²) in [5.41, 5.74) is 0.926. The zero-order chi connectivity index (χ0) is 11.6.